The second kappa shape index (κ2) is 19.4. The molecule has 0 bridgehead atoms. The van der Waals surface area contributed by atoms with Crippen LogP contribution in [0.5, 0.6) is 0 Å². The Hall–Kier alpha value is -4.08. The lowest BCUT2D eigenvalue weighted by molar-refractivity contribution is -0.144. The van der Waals surface area contributed by atoms with Crippen molar-refractivity contribution in [2.75, 3.05) is 26.7 Å². The van der Waals surface area contributed by atoms with Gasteiger partial charge in [-0.3, -0.25) is 19.2 Å². The van der Waals surface area contributed by atoms with Crippen LogP contribution in [0.2, 0.25) is 0 Å². The predicted molar refractivity (Wildman–Crippen MR) is 218 cm³/mol. The summed E-state index contributed by atoms with van der Waals surface area (Å²) in [4.78, 5) is 70.7. The molecule has 2 heterocycles. The average molecular weight is 813 g/mol. The van der Waals surface area contributed by atoms with Crippen molar-refractivity contribution >= 4 is 50.9 Å². The number of sulfonamides is 1. The van der Waals surface area contributed by atoms with E-state index in [1.165, 1.54) is 22.3 Å². The van der Waals surface area contributed by atoms with Gasteiger partial charge >= 0.3 is 6.03 Å². The number of thiophene rings is 1. The van der Waals surface area contributed by atoms with E-state index in [0.717, 1.165) is 28.9 Å². The number of likely N-dealkylation sites (tertiary alicyclic amines) is 1. The van der Waals surface area contributed by atoms with Crippen LogP contribution in [0, 0.1) is 23.2 Å². The molecule has 2 aliphatic rings. The first-order valence-corrected chi connectivity index (χ1v) is 21.9. The number of carbonyl (C=O) groups is 5. The number of benzene rings is 1. The van der Waals surface area contributed by atoms with Crippen LogP contribution in [-0.4, -0.2) is 98.0 Å². The number of ketones is 1. The van der Waals surface area contributed by atoms with Crippen molar-refractivity contribution in [1.29, 1.82) is 0 Å². The molecular weight excluding hydrogens is 753 g/mol. The Morgan fingerprint density at radius 3 is 2.23 bits per heavy atom. The van der Waals surface area contributed by atoms with Gasteiger partial charge in [0.15, 0.2) is 0 Å². The fourth-order valence-corrected chi connectivity index (χ4v) is 10.0. The van der Waals surface area contributed by atoms with Gasteiger partial charge in [0.1, 0.15) is 16.3 Å². The topological polar surface area (TPSA) is 174 Å². The van der Waals surface area contributed by atoms with Crippen molar-refractivity contribution in [3.8, 4) is 0 Å². The van der Waals surface area contributed by atoms with E-state index >= 15 is 0 Å². The number of fused-ring (bicyclic) bond motifs is 1. The first-order valence-electron chi connectivity index (χ1n) is 19.6. The maximum atomic E-state index is 14.9. The molecule has 13 nitrogen and oxygen atoms in total. The van der Waals surface area contributed by atoms with Crippen molar-refractivity contribution in [2.45, 2.75) is 108 Å². The molecule has 2 aromatic rings. The fourth-order valence-electron chi connectivity index (χ4n) is 7.63. The largest absolute Gasteiger partial charge is 0.346 e. The van der Waals surface area contributed by atoms with Crippen molar-refractivity contribution in [3.63, 3.8) is 0 Å². The van der Waals surface area contributed by atoms with Crippen LogP contribution >= 0.6 is 11.3 Å². The van der Waals surface area contributed by atoms with Gasteiger partial charge in [-0.1, -0.05) is 90.8 Å². The molecule has 1 fully saturated rings. The van der Waals surface area contributed by atoms with Gasteiger partial charge in [0.25, 0.3) is 15.9 Å². The third-order valence-electron chi connectivity index (χ3n) is 11.0. The van der Waals surface area contributed by atoms with E-state index in [1.54, 1.807) is 17.5 Å². The number of urea groups is 1. The van der Waals surface area contributed by atoms with Gasteiger partial charge in [-0.2, -0.15) is 4.31 Å². The third kappa shape index (κ3) is 10.9. The fraction of sp³-hybridized carbons (Fsp3) is 0.585. The van der Waals surface area contributed by atoms with E-state index in [4.69, 9.17) is 0 Å². The Bertz CT molecular complexity index is 1800. The van der Waals surface area contributed by atoms with Gasteiger partial charge in [0.2, 0.25) is 17.6 Å². The van der Waals surface area contributed by atoms with Crippen LogP contribution in [0.1, 0.15) is 78.4 Å². The molecule has 1 unspecified atom stereocenters. The highest BCUT2D eigenvalue weighted by molar-refractivity contribution is 7.91. The number of carbonyl (C=O) groups excluding carboxylic acids is 5. The van der Waals surface area contributed by atoms with E-state index in [-0.39, 0.29) is 48.0 Å². The molecule has 15 heteroatoms. The molecule has 4 N–H and O–H groups in total. The molecule has 5 atom stereocenters. The molecule has 1 aliphatic heterocycles. The summed E-state index contributed by atoms with van der Waals surface area (Å²) in [5.41, 5.74) is 1.58. The van der Waals surface area contributed by atoms with Crippen LogP contribution < -0.4 is 21.3 Å². The first-order chi connectivity index (χ1) is 26.4. The molecule has 0 radical (unpaired) electrons. The summed E-state index contributed by atoms with van der Waals surface area (Å²) in [6.45, 7) is 15.6. The molecule has 308 valence electrons. The third-order valence-corrected chi connectivity index (χ3v) is 14.2. The zero-order chi connectivity index (χ0) is 41.4. The second-order valence-electron chi connectivity index (χ2n) is 16.4. The van der Waals surface area contributed by atoms with Crippen molar-refractivity contribution in [1.82, 2.24) is 30.5 Å². The summed E-state index contributed by atoms with van der Waals surface area (Å²) in [6, 6.07) is 6.80. The molecule has 4 rings (SSSR count). The minimum Gasteiger partial charge on any atom is -0.346 e. The summed E-state index contributed by atoms with van der Waals surface area (Å²) < 4.78 is 28.1. The molecule has 0 saturated carbocycles. The zero-order valence-corrected chi connectivity index (χ0v) is 35.4. The number of likely N-dealkylation sites (N-methyl/N-ethyl adjacent to an activating group) is 1. The smallest absolute Gasteiger partial charge is 0.315 e. The summed E-state index contributed by atoms with van der Waals surface area (Å²) in [5.74, 6) is -3.05. The normalized spacial score (nSPS) is 18.9. The molecular formula is C41H60N6O7S2. The maximum absolute atomic E-state index is 14.9. The number of hydrogen-bond donors (Lipinski definition) is 4. The van der Waals surface area contributed by atoms with E-state index in [1.807, 2.05) is 65.8 Å². The minimum atomic E-state index is -3.80. The van der Waals surface area contributed by atoms with Crippen LogP contribution in [0.3, 0.4) is 0 Å². The molecule has 1 aliphatic carbocycles. The molecule has 1 aromatic carbocycles. The highest BCUT2D eigenvalue weighted by atomic mass is 32.2. The van der Waals surface area contributed by atoms with Crippen LogP contribution in [-0.2, 0) is 42.0 Å². The maximum Gasteiger partial charge on any atom is 0.315 e. The summed E-state index contributed by atoms with van der Waals surface area (Å²) in [6.07, 6.45) is 4.67. The standard InChI is InChI=1S/C41H60N6O7S2/c1-9-11-17-31(36(48)38(50)42-20-10-2)43-37(49)35-30(26(3)4)19-21-47(35)39(51)34(29-23-27-15-12-13-16-28(27)24-29)45-40(52)44-32(41(5,6)7)25-46(8)56(53,54)33-18-14-22-55-33/h10,12-16,18,22,26,29-32,34-35H,2,9,11,17,19-21,23-25H2,1,3-8H3,(H,42,50)(H,43,49)(H2,44,45,52)/t30-,31?,32-,34+,35+/m1/s1. The highest BCUT2D eigenvalue weighted by Crippen LogP contribution is 2.35. The number of nitrogens with one attached hydrogen (secondary N) is 4. The minimum absolute atomic E-state index is 0.00432. The van der Waals surface area contributed by atoms with Gasteiger partial charge in [-0.05, 0) is 71.4 Å². The Labute approximate surface area is 336 Å². The van der Waals surface area contributed by atoms with Gasteiger partial charge in [-0.25, -0.2) is 13.2 Å². The molecule has 0 spiro atoms. The van der Waals surface area contributed by atoms with Crippen LogP contribution in [0.4, 0.5) is 4.79 Å². The Balaban J connectivity index is 1.62. The Morgan fingerprint density at radius 1 is 1.02 bits per heavy atom. The molecule has 1 saturated heterocycles. The van der Waals surface area contributed by atoms with Gasteiger partial charge in [-0.15, -0.1) is 17.9 Å². The first kappa shape index (κ1) is 44.6. The number of Topliss-reactive ketones (excluding diaryl/α,β-unsaturated/α-hetero) is 1. The Kier molecular flexibility index (Phi) is 15.4. The van der Waals surface area contributed by atoms with Crippen LogP contribution in [0.25, 0.3) is 0 Å². The summed E-state index contributed by atoms with van der Waals surface area (Å²) in [7, 11) is -2.32. The monoisotopic (exact) mass is 812 g/mol. The average Bonchev–Trinajstić information content (AvgIpc) is 3.94. The SMILES string of the molecule is C=CCNC(=O)C(=O)C(CCCC)NC(=O)[C@@H]1[C@@H](C(C)C)CCN1C(=O)[C@@H](NC(=O)N[C@H](CN(C)S(=O)(=O)c1cccs1)C(C)(C)C)C1Cc2ccccc2C1. The number of rotatable bonds is 18. The van der Waals surface area contributed by atoms with Gasteiger partial charge in [0, 0.05) is 32.7 Å². The van der Waals surface area contributed by atoms with E-state index in [9.17, 15) is 32.4 Å². The zero-order valence-electron chi connectivity index (χ0n) is 33.8. The van der Waals surface area contributed by atoms with Gasteiger partial charge < -0.3 is 26.2 Å². The molecule has 5 amide bonds. The number of hydrogen-bond acceptors (Lipinski definition) is 8. The summed E-state index contributed by atoms with van der Waals surface area (Å²) in [5, 5.41) is 13.0. The Morgan fingerprint density at radius 2 is 1.68 bits per heavy atom. The number of nitrogens with zero attached hydrogens (tertiary/aromatic N) is 2. The van der Waals surface area contributed by atoms with Crippen molar-refractivity contribution in [2.24, 2.45) is 23.2 Å². The van der Waals surface area contributed by atoms with E-state index < -0.39 is 69.1 Å². The predicted octanol–water partition coefficient (Wildman–Crippen LogP) is 4.29. The highest BCUT2D eigenvalue weighted by Gasteiger charge is 2.48. The van der Waals surface area contributed by atoms with Crippen LogP contribution in [0.15, 0.2) is 58.6 Å². The number of amides is 5. The lowest BCUT2D eigenvalue weighted by atomic mass is 9.86. The molecule has 1 aromatic heterocycles. The quantitative estimate of drug-likeness (QED) is 0.128. The molecule has 56 heavy (non-hydrogen) atoms. The number of unbranched alkanes of at least 4 members (excludes halogenated alkanes) is 1. The van der Waals surface area contributed by atoms with Gasteiger partial charge in [0.05, 0.1) is 6.04 Å². The van der Waals surface area contributed by atoms with Crippen molar-refractivity contribution < 1.29 is 32.4 Å². The lowest BCUT2D eigenvalue weighted by Crippen LogP contribution is -2.61. The second-order valence-corrected chi connectivity index (χ2v) is 19.6. The van der Waals surface area contributed by atoms with E-state index in [2.05, 4.69) is 27.8 Å². The van der Waals surface area contributed by atoms with E-state index in [0.29, 0.717) is 25.7 Å². The van der Waals surface area contributed by atoms with Crippen molar-refractivity contribution in [3.05, 3.63) is 65.6 Å². The summed E-state index contributed by atoms with van der Waals surface area (Å²) >= 11 is 1.12. The lowest BCUT2D eigenvalue weighted by Gasteiger charge is -2.36.